The predicted molar refractivity (Wildman–Crippen MR) is 74.4 cm³/mol. The van der Waals surface area contributed by atoms with Crippen LogP contribution in [0.15, 0.2) is 12.5 Å². The molecule has 1 N–H and O–H groups in total. The molecule has 1 aliphatic rings. The Morgan fingerprint density at radius 3 is 2.78 bits per heavy atom. The van der Waals surface area contributed by atoms with E-state index in [-0.39, 0.29) is 0 Å². The second-order valence-corrected chi connectivity index (χ2v) is 5.20. The van der Waals surface area contributed by atoms with Crippen molar-refractivity contribution < 1.29 is 0 Å². The highest BCUT2D eigenvalue weighted by molar-refractivity contribution is 4.98. The largest absolute Gasteiger partial charge is 0.333 e. The molecule has 2 rings (SSSR count). The Hall–Kier alpha value is -0.870. The number of rotatable bonds is 6. The molecule has 0 amide bonds. The zero-order chi connectivity index (χ0) is 12.8. The average Bonchev–Trinajstić information content (AvgIpc) is 2.84. The molecular formula is C14H26N4. The lowest BCUT2D eigenvalue weighted by Crippen LogP contribution is -2.34. The molecule has 18 heavy (non-hydrogen) atoms. The number of likely N-dealkylation sites (tertiary alicyclic amines) is 1. The molecule has 0 aromatic carbocycles. The number of piperidine rings is 1. The molecule has 2 heterocycles. The van der Waals surface area contributed by atoms with Crippen LogP contribution in [0.3, 0.4) is 0 Å². The van der Waals surface area contributed by atoms with Gasteiger partial charge in [0.1, 0.15) is 0 Å². The minimum atomic E-state index is 0.822. The lowest BCUT2D eigenvalue weighted by molar-refractivity contribution is 0.180. The number of nitrogens with zero attached hydrogens (tertiary/aromatic N) is 3. The van der Waals surface area contributed by atoms with Gasteiger partial charge >= 0.3 is 0 Å². The molecule has 0 atom stereocenters. The van der Waals surface area contributed by atoms with E-state index in [2.05, 4.69) is 33.6 Å². The van der Waals surface area contributed by atoms with Gasteiger partial charge in [-0.2, -0.15) is 0 Å². The normalized spacial score (nSPS) is 18.3. The van der Waals surface area contributed by atoms with E-state index in [9.17, 15) is 0 Å². The first-order valence-electron chi connectivity index (χ1n) is 7.25. The topological polar surface area (TPSA) is 33.1 Å². The first kappa shape index (κ1) is 13.6. The molecule has 0 aliphatic carbocycles. The average molecular weight is 250 g/mol. The molecule has 4 nitrogen and oxygen atoms in total. The van der Waals surface area contributed by atoms with Crippen LogP contribution in [0.5, 0.6) is 0 Å². The van der Waals surface area contributed by atoms with E-state index in [4.69, 9.17) is 0 Å². The lowest BCUT2D eigenvalue weighted by Gasteiger charge is -2.31. The van der Waals surface area contributed by atoms with Crippen LogP contribution in [-0.4, -0.2) is 40.6 Å². The van der Waals surface area contributed by atoms with Gasteiger partial charge in [-0.3, -0.25) is 0 Å². The monoisotopic (exact) mass is 250 g/mol. The molecule has 102 valence electrons. The summed E-state index contributed by atoms with van der Waals surface area (Å²) in [4.78, 5) is 6.83. The first-order chi connectivity index (χ1) is 8.83. The number of hydrogen-bond donors (Lipinski definition) is 1. The van der Waals surface area contributed by atoms with Crippen molar-refractivity contribution in [3.8, 4) is 0 Å². The van der Waals surface area contributed by atoms with E-state index in [1.165, 1.54) is 38.2 Å². The highest BCUT2D eigenvalue weighted by Crippen LogP contribution is 2.19. The van der Waals surface area contributed by atoms with Crippen molar-refractivity contribution in [1.29, 1.82) is 0 Å². The summed E-state index contributed by atoms with van der Waals surface area (Å²) in [7, 11) is 0. The Bertz CT molecular complexity index is 339. The van der Waals surface area contributed by atoms with Crippen LogP contribution in [0.2, 0.25) is 0 Å². The van der Waals surface area contributed by atoms with Crippen LogP contribution in [0, 0.1) is 5.92 Å². The molecule has 1 fully saturated rings. The van der Waals surface area contributed by atoms with Crippen molar-refractivity contribution >= 4 is 0 Å². The Morgan fingerprint density at radius 2 is 2.11 bits per heavy atom. The van der Waals surface area contributed by atoms with Gasteiger partial charge in [0.15, 0.2) is 0 Å². The van der Waals surface area contributed by atoms with Crippen LogP contribution < -0.4 is 5.32 Å². The summed E-state index contributed by atoms with van der Waals surface area (Å²) in [6, 6.07) is 0. The lowest BCUT2D eigenvalue weighted by atomic mass is 9.96. The third-order valence-electron chi connectivity index (χ3n) is 3.96. The van der Waals surface area contributed by atoms with Crippen molar-refractivity contribution in [2.24, 2.45) is 5.92 Å². The number of nitrogens with one attached hydrogen (secondary N) is 1. The standard InChI is InChI=1S/C14H26N4/c1-3-15-9-14-10-16-12-18(14)11-13-5-7-17(4-2)8-6-13/h10,12-13,15H,3-9,11H2,1-2H3. The van der Waals surface area contributed by atoms with Gasteiger partial charge in [-0.05, 0) is 44.9 Å². The van der Waals surface area contributed by atoms with Crippen molar-refractivity contribution in [1.82, 2.24) is 19.8 Å². The van der Waals surface area contributed by atoms with Crippen molar-refractivity contribution in [2.45, 2.75) is 39.8 Å². The molecule has 0 spiro atoms. The Kier molecular flexibility index (Phi) is 5.20. The summed E-state index contributed by atoms with van der Waals surface area (Å²) in [5.41, 5.74) is 1.31. The molecule has 1 saturated heterocycles. The van der Waals surface area contributed by atoms with Gasteiger partial charge in [0.25, 0.3) is 0 Å². The van der Waals surface area contributed by atoms with E-state index < -0.39 is 0 Å². The SMILES string of the molecule is CCNCc1cncn1CC1CCN(CC)CC1. The van der Waals surface area contributed by atoms with Gasteiger partial charge in [-0.25, -0.2) is 4.98 Å². The fourth-order valence-electron chi connectivity index (χ4n) is 2.68. The quantitative estimate of drug-likeness (QED) is 0.834. The van der Waals surface area contributed by atoms with E-state index in [0.29, 0.717) is 0 Å². The number of hydrogen-bond acceptors (Lipinski definition) is 3. The van der Waals surface area contributed by atoms with Crippen molar-refractivity contribution in [3.63, 3.8) is 0 Å². The Morgan fingerprint density at radius 1 is 1.33 bits per heavy atom. The third-order valence-corrected chi connectivity index (χ3v) is 3.96. The maximum absolute atomic E-state index is 4.28. The minimum absolute atomic E-state index is 0.822. The molecule has 0 unspecified atom stereocenters. The molecule has 0 saturated carbocycles. The van der Waals surface area contributed by atoms with E-state index in [1.54, 1.807) is 0 Å². The second kappa shape index (κ2) is 6.90. The van der Waals surface area contributed by atoms with Gasteiger partial charge in [-0.15, -0.1) is 0 Å². The van der Waals surface area contributed by atoms with Crippen molar-refractivity contribution in [3.05, 3.63) is 18.2 Å². The third kappa shape index (κ3) is 3.56. The summed E-state index contributed by atoms with van der Waals surface area (Å²) in [6.07, 6.45) is 6.63. The first-order valence-corrected chi connectivity index (χ1v) is 7.25. The molecule has 1 aliphatic heterocycles. The molecular weight excluding hydrogens is 224 g/mol. The number of imidazole rings is 1. The maximum atomic E-state index is 4.28. The van der Waals surface area contributed by atoms with Crippen LogP contribution in [-0.2, 0) is 13.1 Å². The highest BCUT2D eigenvalue weighted by Gasteiger charge is 2.18. The van der Waals surface area contributed by atoms with E-state index in [1.807, 2.05) is 12.5 Å². The molecule has 4 heteroatoms. The Labute approximate surface area is 110 Å². The second-order valence-electron chi connectivity index (χ2n) is 5.20. The summed E-state index contributed by atoms with van der Waals surface area (Å²) in [6.45, 7) is 11.2. The molecule has 0 radical (unpaired) electrons. The van der Waals surface area contributed by atoms with Crippen LogP contribution in [0.4, 0.5) is 0 Å². The highest BCUT2D eigenvalue weighted by atomic mass is 15.1. The smallest absolute Gasteiger partial charge is 0.0948 e. The maximum Gasteiger partial charge on any atom is 0.0948 e. The summed E-state index contributed by atoms with van der Waals surface area (Å²) in [5, 5.41) is 3.38. The van der Waals surface area contributed by atoms with Gasteiger partial charge in [0.2, 0.25) is 0 Å². The van der Waals surface area contributed by atoms with Gasteiger partial charge in [0, 0.05) is 19.3 Å². The number of aromatic nitrogens is 2. The van der Waals surface area contributed by atoms with Gasteiger partial charge in [-0.1, -0.05) is 13.8 Å². The minimum Gasteiger partial charge on any atom is -0.333 e. The summed E-state index contributed by atoms with van der Waals surface area (Å²) < 4.78 is 2.33. The Balaban J connectivity index is 1.84. The van der Waals surface area contributed by atoms with Crippen molar-refractivity contribution in [2.75, 3.05) is 26.2 Å². The molecule has 1 aromatic heterocycles. The zero-order valence-corrected chi connectivity index (χ0v) is 11.7. The van der Waals surface area contributed by atoms with Gasteiger partial charge in [0.05, 0.1) is 12.0 Å². The molecule has 0 bridgehead atoms. The summed E-state index contributed by atoms with van der Waals surface area (Å²) >= 11 is 0. The van der Waals surface area contributed by atoms with E-state index in [0.717, 1.165) is 25.6 Å². The van der Waals surface area contributed by atoms with Gasteiger partial charge < -0.3 is 14.8 Å². The zero-order valence-electron chi connectivity index (χ0n) is 11.7. The predicted octanol–water partition coefficient (Wildman–Crippen LogP) is 1.72. The van der Waals surface area contributed by atoms with Crippen LogP contribution in [0.1, 0.15) is 32.4 Å². The fraction of sp³-hybridized carbons (Fsp3) is 0.786. The molecule has 1 aromatic rings. The van der Waals surface area contributed by atoms with E-state index >= 15 is 0 Å². The summed E-state index contributed by atoms with van der Waals surface area (Å²) in [5.74, 6) is 0.822. The fourth-order valence-corrected chi connectivity index (χ4v) is 2.68. The van der Waals surface area contributed by atoms with Crippen LogP contribution >= 0.6 is 0 Å². The van der Waals surface area contributed by atoms with Crippen LogP contribution in [0.25, 0.3) is 0 Å².